The number of aromatic carboxylic acids is 1. The molecule has 0 radical (unpaired) electrons. The van der Waals surface area contributed by atoms with E-state index in [0.29, 0.717) is 16.5 Å². The van der Waals surface area contributed by atoms with Crippen molar-refractivity contribution in [2.24, 2.45) is 4.99 Å². The Balaban J connectivity index is 1.77. The number of carboxylic acids is 1. The number of aliphatic imine (C=N–C) groups is 1. The molecular formula is C19H16BrN3O4S. The fraction of sp³-hybridized carbons (Fsp3) is 0.158. The molecule has 1 aliphatic heterocycles. The van der Waals surface area contributed by atoms with Crippen LogP contribution in [0.2, 0.25) is 0 Å². The minimum absolute atomic E-state index is 0.0327. The summed E-state index contributed by atoms with van der Waals surface area (Å²) >= 11 is 4.55. The third-order valence-corrected chi connectivity index (χ3v) is 5.76. The zero-order valence-electron chi connectivity index (χ0n) is 14.8. The fourth-order valence-electron chi connectivity index (χ4n) is 2.48. The molecule has 2 amide bonds. The molecule has 0 aromatic heterocycles. The maximum atomic E-state index is 12.6. The van der Waals surface area contributed by atoms with Crippen LogP contribution in [0.4, 0.5) is 11.4 Å². The van der Waals surface area contributed by atoms with E-state index in [-0.39, 0.29) is 23.8 Å². The maximum Gasteiger partial charge on any atom is 0.335 e. The molecule has 28 heavy (non-hydrogen) atoms. The highest BCUT2D eigenvalue weighted by Crippen LogP contribution is 2.29. The summed E-state index contributed by atoms with van der Waals surface area (Å²) in [6, 6.07) is 13.2. The first-order valence-corrected chi connectivity index (χ1v) is 9.92. The van der Waals surface area contributed by atoms with Gasteiger partial charge in [-0.2, -0.15) is 0 Å². The second-order valence-electron chi connectivity index (χ2n) is 6.01. The number of nitrogens with zero attached hydrogens (tertiary/aromatic N) is 2. The molecule has 3 rings (SSSR count). The van der Waals surface area contributed by atoms with Gasteiger partial charge in [0, 0.05) is 23.6 Å². The first kappa shape index (κ1) is 20.1. The van der Waals surface area contributed by atoms with E-state index < -0.39 is 11.2 Å². The quantitative estimate of drug-likeness (QED) is 0.722. The van der Waals surface area contributed by atoms with Gasteiger partial charge in [0.05, 0.1) is 11.3 Å². The van der Waals surface area contributed by atoms with E-state index in [1.54, 1.807) is 31.3 Å². The van der Waals surface area contributed by atoms with Crippen LogP contribution in [0.3, 0.4) is 0 Å². The standard InChI is InChI=1S/C19H16BrN3O4S/c1-23-16(24)10-15(28-19(23)22-13-7-5-12(20)6-8-13)17(25)21-14-4-2-3-11(9-14)18(26)27/h2-9,15H,10H2,1H3,(H,21,25)(H,26,27). The minimum atomic E-state index is -1.08. The number of hydrogen-bond acceptors (Lipinski definition) is 5. The molecule has 1 fully saturated rings. The van der Waals surface area contributed by atoms with Gasteiger partial charge in [0.25, 0.3) is 0 Å². The average Bonchev–Trinajstić information content (AvgIpc) is 2.67. The van der Waals surface area contributed by atoms with Gasteiger partial charge < -0.3 is 10.4 Å². The van der Waals surface area contributed by atoms with Gasteiger partial charge in [-0.3, -0.25) is 14.5 Å². The summed E-state index contributed by atoms with van der Waals surface area (Å²) in [6.07, 6.45) is 0.0327. The lowest BCUT2D eigenvalue weighted by atomic mass is 10.2. The number of amides is 2. The summed E-state index contributed by atoms with van der Waals surface area (Å²) < 4.78 is 0.915. The molecule has 2 aromatic rings. The van der Waals surface area contributed by atoms with Crippen LogP contribution in [0.5, 0.6) is 0 Å². The monoisotopic (exact) mass is 461 g/mol. The summed E-state index contributed by atoms with van der Waals surface area (Å²) in [4.78, 5) is 41.9. The molecule has 2 aromatic carbocycles. The minimum Gasteiger partial charge on any atom is -0.478 e. The molecule has 1 saturated heterocycles. The molecule has 0 aliphatic carbocycles. The van der Waals surface area contributed by atoms with Gasteiger partial charge >= 0.3 is 5.97 Å². The van der Waals surface area contributed by atoms with Crippen molar-refractivity contribution in [3.05, 3.63) is 58.6 Å². The normalized spacial score (nSPS) is 18.2. The fourth-order valence-corrected chi connectivity index (χ4v) is 3.81. The van der Waals surface area contributed by atoms with Crippen molar-refractivity contribution < 1.29 is 19.5 Å². The number of anilines is 1. The first-order chi connectivity index (χ1) is 13.3. The highest BCUT2D eigenvalue weighted by molar-refractivity contribution is 9.10. The number of nitrogens with one attached hydrogen (secondary N) is 1. The number of carbonyl (C=O) groups is 3. The van der Waals surface area contributed by atoms with Gasteiger partial charge in [-0.1, -0.05) is 33.8 Å². The van der Waals surface area contributed by atoms with Crippen LogP contribution < -0.4 is 5.32 Å². The molecule has 144 valence electrons. The Kier molecular flexibility index (Phi) is 6.15. The first-order valence-electron chi connectivity index (χ1n) is 8.25. The lowest BCUT2D eigenvalue weighted by Crippen LogP contribution is -2.43. The number of amidine groups is 1. The van der Waals surface area contributed by atoms with Crippen molar-refractivity contribution in [3.8, 4) is 0 Å². The number of rotatable bonds is 4. The summed E-state index contributed by atoms with van der Waals surface area (Å²) in [5.41, 5.74) is 1.10. The van der Waals surface area contributed by atoms with E-state index >= 15 is 0 Å². The van der Waals surface area contributed by atoms with Crippen molar-refractivity contribution in [2.75, 3.05) is 12.4 Å². The molecule has 1 atom stereocenters. The van der Waals surface area contributed by atoms with Crippen LogP contribution in [0.25, 0.3) is 0 Å². The third-order valence-electron chi connectivity index (χ3n) is 3.99. The van der Waals surface area contributed by atoms with E-state index in [9.17, 15) is 14.4 Å². The highest BCUT2D eigenvalue weighted by atomic mass is 79.9. The second-order valence-corrected chi connectivity index (χ2v) is 8.09. The summed E-state index contributed by atoms with van der Waals surface area (Å²) in [5, 5.41) is 11.5. The number of carboxylic acid groups (broad SMARTS) is 1. The summed E-state index contributed by atoms with van der Waals surface area (Å²) in [7, 11) is 1.62. The zero-order chi connectivity index (χ0) is 20.3. The molecule has 1 aliphatic rings. The topological polar surface area (TPSA) is 99.1 Å². The lowest BCUT2D eigenvalue weighted by Gasteiger charge is -2.28. The Labute approximate surface area is 174 Å². The van der Waals surface area contributed by atoms with E-state index in [2.05, 4.69) is 26.2 Å². The molecule has 7 nitrogen and oxygen atoms in total. The smallest absolute Gasteiger partial charge is 0.335 e. The van der Waals surface area contributed by atoms with E-state index in [4.69, 9.17) is 5.11 Å². The average molecular weight is 462 g/mol. The predicted octanol–water partition coefficient (Wildman–Crippen LogP) is 3.74. The zero-order valence-corrected chi connectivity index (χ0v) is 17.2. The van der Waals surface area contributed by atoms with Crippen molar-refractivity contribution in [1.29, 1.82) is 0 Å². The molecule has 1 heterocycles. The van der Waals surface area contributed by atoms with Crippen LogP contribution in [-0.2, 0) is 9.59 Å². The molecule has 0 bridgehead atoms. The number of thioether (sulfide) groups is 1. The number of carbonyl (C=O) groups excluding carboxylic acids is 2. The van der Waals surface area contributed by atoms with Crippen molar-refractivity contribution in [3.63, 3.8) is 0 Å². The SMILES string of the molecule is CN1C(=O)CC(C(=O)Nc2cccc(C(=O)O)c2)SC1=Nc1ccc(Br)cc1. The Bertz CT molecular complexity index is 962. The number of benzene rings is 2. The van der Waals surface area contributed by atoms with Crippen LogP contribution in [0.1, 0.15) is 16.8 Å². The largest absolute Gasteiger partial charge is 0.478 e. The van der Waals surface area contributed by atoms with Crippen molar-refractivity contribution in [1.82, 2.24) is 4.90 Å². The van der Waals surface area contributed by atoms with Crippen LogP contribution in [0, 0.1) is 0 Å². The summed E-state index contributed by atoms with van der Waals surface area (Å²) in [6.45, 7) is 0. The third kappa shape index (κ3) is 4.79. The van der Waals surface area contributed by atoms with Crippen LogP contribution >= 0.6 is 27.7 Å². The van der Waals surface area contributed by atoms with E-state index in [1.807, 2.05) is 12.1 Å². The Morgan fingerprint density at radius 1 is 1.25 bits per heavy atom. The van der Waals surface area contributed by atoms with Crippen molar-refractivity contribution in [2.45, 2.75) is 11.7 Å². The van der Waals surface area contributed by atoms with Crippen LogP contribution in [-0.4, -0.2) is 45.3 Å². The predicted molar refractivity (Wildman–Crippen MR) is 112 cm³/mol. The Hall–Kier alpha value is -2.65. The summed E-state index contributed by atoms with van der Waals surface area (Å²) in [5.74, 6) is -1.67. The molecule has 1 unspecified atom stereocenters. The van der Waals surface area contributed by atoms with Gasteiger partial charge in [0.1, 0.15) is 5.25 Å². The van der Waals surface area contributed by atoms with Gasteiger partial charge in [0.2, 0.25) is 11.8 Å². The molecule has 0 spiro atoms. The molecular weight excluding hydrogens is 446 g/mol. The highest BCUT2D eigenvalue weighted by Gasteiger charge is 2.34. The molecule has 2 N–H and O–H groups in total. The van der Waals surface area contributed by atoms with Gasteiger partial charge in [-0.05, 0) is 42.5 Å². The Morgan fingerprint density at radius 2 is 1.96 bits per heavy atom. The second kappa shape index (κ2) is 8.57. The Morgan fingerprint density at radius 3 is 2.64 bits per heavy atom. The van der Waals surface area contributed by atoms with E-state index in [0.717, 1.165) is 4.47 Å². The van der Waals surface area contributed by atoms with Gasteiger partial charge in [-0.15, -0.1) is 0 Å². The van der Waals surface area contributed by atoms with E-state index in [1.165, 1.54) is 28.8 Å². The van der Waals surface area contributed by atoms with Gasteiger partial charge in [-0.25, -0.2) is 9.79 Å². The lowest BCUT2D eigenvalue weighted by molar-refractivity contribution is -0.128. The van der Waals surface area contributed by atoms with Crippen LogP contribution in [0.15, 0.2) is 58.0 Å². The molecule has 9 heteroatoms. The van der Waals surface area contributed by atoms with Gasteiger partial charge in [0.15, 0.2) is 5.17 Å². The number of halogens is 1. The van der Waals surface area contributed by atoms with Crippen molar-refractivity contribution >= 4 is 62.0 Å². The molecule has 0 saturated carbocycles. The number of hydrogen-bond donors (Lipinski definition) is 2. The maximum absolute atomic E-state index is 12.6.